The van der Waals surface area contributed by atoms with Crippen molar-refractivity contribution in [3.8, 4) is 5.69 Å². The van der Waals surface area contributed by atoms with Crippen molar-refractivity contribution in [2.45, 2.75) is 18.8 Å². The molecule has 2 aromatic rings. The van der Waals surface area contributed by atoms with Crippen molar-refractivity contribution in [1.82, 2.24) is 14.8 Å². The zero-order valence-electron chi connectivity index (χ0n) is 8.70. The van der Waals surface area contributed by atoms with Crippen LogP contribution in [0.1, 0.15) is 24.6 Å². The molecule has 0 radical (unpaired) electrons. The van der Waals surface area contributed by atoms with Gasteiger partial charge in [0.15, 0.2) is 0 Å². The van der Waals surface area contributed by atoms with Crippen LogP contribution >= 0.6 is 23.2 Å². The number of benzene rings is 1. The van der Waals surface area contributed by atoms with E-state index in [9.17, 15) is 4.39 Å². The Hall–Kier alpha value is -1.13. The van der Waals surface area contributed by atoms with Crippen molar-refractivity contribution in [3.63, 3.8) is 0 Å². The number of halogens is 3. The quantitative estimate of drug-likeness (QED) is 0.836. The molecule has 88 valence electrons. The van der Waals surface area contributed by atoms with Gasteiger partial charge in [-0.15, -0.1) is 10.2 Å². The van der Waals surface area contributed by atoms with Crippen molar-refractivity contribution < 1.29 is 4.39 Å². The van der Waals surface area contributed by atoms with E-state index in [1.54, 1.807) is 10.6 Å². The highest BCUT2D eigenvalue weighted by Gasteiger charge is 2.30. The van der Waals surface area contributed by atoms with E-state index < -0.39 is 5.82 Å². The van der Waals surface area contributed by atoms with E-state index in [1.165, 1.54) is 12.1 Å². The fourth-order valence-electron chi connectivity index (χ4n) is 1.79. The SMILES string of the molecule is Fc1cc(Cl)cc(-n2c(Cl)nnc2C2CC2)c1. The minimum absolute atomic E-state index is 0.230. The zero-order valence-corrected chi connectivity index (χ0v) is 10.2. The molecule has 0 N–H and O–H groups in total. The van der Waals surface area contributed by atoms with Gasteiger partial charge >= 0.3 is 0 Å². The maximum absolute atomic E-state index is 13.3. The van der Waals surface area contributed by atoms with Crippen molar-refractivity contribution in [2.24, 2.45) is 0 Å². The first kappa shape index (κ1) is 11.0. The Morgan fingerprint density at radius 3 is 2.59 bits per heavy atom. The smallest absolute Gasteiger partial charge is 0.229 e. The van der Waals surface area contributed by atoms with Gasteiger partial charge in [0.05, 0.1) is 5.69 Å². The number of rotatable bonds is 2. The number of hydrogen-bond donors (Lipinski definition) is 0. The lowest BCUT2D eigenvalue weighted by atomic mass is 10.3. The molecule has 0 aliphatic heterocycles. The van der Waals surface area contributed by atoms with E-state index in [1.807, 2.05) is 0 Å². The molecule has 1 aromatic heterocycles. The van der Waals surface area contributed by atoms with Gasteiger partial charge in [0.1, 0.15) is 11.6 Å². The molecule has 1 saturated carbocycles. The van der Waals surface area contributed by atoms with Crippen LogP contribution in [-0.4, -0.2) is 14.8 Å². The highest BCUT2D eigenvalue weighted by atomic mass is 35.5. The molecule has 0 spiro atoms. The summed E-state index contributed by atoms with van der Waals surface area (Å²) >= 11 is 11.8. The number of hydrogen-bond acceptors (Lipinski definition) is 2. The summed E-state index contributed by atoms with van der Waals surface area (Å²) < 4.78 is 15.0. The fraction of sp³-hybridized carbons (Fsp3) is 0.273. The standard InChI is InChI=1S/C11H8Cl2FN3/c12-7-3-8(14)5-9(4-7)17-10(6-1-2-6)15-16-11(17)13/h3-6H,1-2H2. The molecular formula is C11H8Cl2FN3. The zero-order chi connectivity index (χ0) is 12.0. The van der Waals surface area contributed by atoms with Crippen LogP contribution in [0.2, 0.25) is 10.3 Å². The average molecular weight is 272 g/mol. The van der Waals surface area contributed by atoms with E-state index >= 15 is 0 Å². The van der Waals surface area contributed by atoms with E-state index in [0.717, 1.165) is 18.7 Å². The molecule has 3 nitrogen and oxygen atoms in total. The predicted molar refractivity (Wildman–Crippen MR) is 63.3 cm³/mol. The molecule has 1 aromatic carbocycles. The van der Waals surface area contributed by atoms with Crippen LogP contribution < -0.4 is 0 Å². The summed E-state index contributed by atoms with van der Waals surface area (Å²) in [6.45, 7) is 0. The Balaban J connectivity index is 2.16. The molecule has 0 atom stereocenters. The molecule has 0 amide bonds. The van der Waals surface area contributed by atoms with Gasteiger partial charge in [-0.05, 0) is 42.6 Å². The largest absolute Gasteiger partial charge is 0.269 e. The van der Waals surface area contributed by atoms with Crippen molar-refractivity contribution in [1.29, 1.82) is 0 Å². The lowest BCUT2D eigenvalue weighted by molar-refractivity contribution is 0.626. The lowest BCUT2D eigenvalue weighted by Crippen LogP contribution is -2.00. The minimum Gasteiger partial charge on any atom is -0.269 e. The van der Waals surface area contributed by atoms with E-state index in [4.69, 9.17) is 23.2 Å². The Kier molecular flexibility index (Phi) is 2.56. The second kappa shape index (κ2) is 3.96. The molecule has 1 aliphatic rings. The maximum Gasteiger partial charge on any atom is 0.229 e. The van der Waals surface area contributed by atoms with Gasteiger partial charge in [-0.3, -0.25) is 4.57 Å². The molecule has 1 aliphatic carbocycles. The molecule has 17 heavy (non-hydrogen) atoms. The lowest BCUT2D eigenvalue weighted by Gasteiger charge is -2.07. The fourth-order valence-corrected chi connectivity index (χ4v) is 2.23. The molecule has 0 unspecified atom stereocenters. The Morgan fingerprint density at radius 2 is 1.94 bits per heavy atom. The summed E-state index contributed by atoms with van der Waals surface area (Å²) in [5.41, 5.74) is 0.562. The Labute approximate surface area is 107 Å². The minimum atomic E-state index is -0.404. The summed E-state index contributed by atoms with van der Waals surface area (Å²) in [7, 11) is 0. The summed E-state index contributed by atoms with van der Waals surface area (Å²) in [6.07, 6.45) is 2.14. The van der Waals surface area contributed by atoms with Crippen molar-refractivity contribution >= 4 is 23.2 Å². The maximum atomic E-state index is 13.3. The molecule has 0 saturated heterocycles. The number of nitrogens with zero attached hydrogens (tertiary/aromatic N) is 3. The average Bonchev–Trinajstić information content (AvgIpc) is 3.01. The van der Waals surface area contributed by atoms with Crippen LogP contribution in [0.15, 0.2) is 18.2 Å². The van der Waals surface area contributed by atoms with Gasteiger partial charge in [0.2, 0.25) is 5.28 Å². The second-order valence-electron chi connectivity index (χ2n) is 4.06. The molecule has 3 rings (SSSR count). The highest BCUT2D eigenvalue weighted by Crippen LogP contribution is 2.40. The topological polar surface area (TPSA) is 30.7 Å². The number of aromatic nitrogens is 3. The molecule has 6 heteroatoms. The Bertz CT molecular complexity index is 558. The summed E-state index contributed by atoms with van der Waals surface area (Å²) in [6, 6.07) is 4.26. The van der Waals surface area contributed by atoms with E-state index in [2.05, 4.69) is 10.2 Å². The van der Waals surface area contributed by atoms with Crippen molar-refractivity contribution in [2.75, 3.05) is 0 Å². The van der Waals surface area contributed by atoms with Crippen molar-refractivity contribution in [3.05, 3.63) is 40.1 Å². The van der Waals surface area contributed by atoms with Gasteiger partial charge < -0.3 is 0 Å². The van der Waals surface area contributed by atoms with Crippen LogP contribution in [0.4, 0.5) is 4.39 Å². The van der Waals surface area contributed by atoms with Gasteiger partial charge in [-0.1, -0.05) is 11.6 Å². The van der Waals surface area contributed by atoms with Crippen LogP contribution in [0.3, 0.4) is 0 Å². The van der Waals surface area contributed by atoms with Gasteiger partial charge in [0, 0.05) is 10.9 Å². The van der Waals surface area contributed by atoms with Crippen LogP contribution in [0, 0.1) is 5.82 Å². The van der Waals surface area contributed by atoms with E-state index in [0.29, 0.717) is 16.6 Å². The van der Waals surface area contributed by atoms with Gasteiger partial charge in [0.25, 0.3) is 0 Å². The van der Waals surface area contributed by atoms with E-state index in [-0.39, 0.29) is 5.28 Å². The second-order valence-corrected chi connectivity index (χ2v) is 4.84. The Morgan fingerprint density at radius 1 is 1.18 bits per heavy atom. The molecule has 0 bridgehead atoms. The van der Waals surface area contributed by atoms with Crippen LogP contribution in [-0.2, 0) is 0 Å². The van der Waals surface area contributed by atoms with Crippen LogP contribution in [0.5, 0.6) is 0 Å². The molecular weight excluding hydrogens is 264 g/mol. The third kappa shape index (κ3) is 2.03. The first-order valence-corrected chi connectivity index (χ1v) is 5.98. The molecule has 1 fully saturated rings. The first-order chi connectivity index (χ1) is 8.15. The van der Waals surface area contributed by atoms with Gasteiger partial charge in [-0.2, -0.15) is 0 Å². The summed E-state index contributed by atoms with van der Waals surface area (Å²) in [5.74, 6) is 0.743. The summed E-state index contributed by atoms with van der Waals surface area (Å²) in [5, 5.41) is 8.41. The summed E-state index contributed by atoms with van der Waals surface area (Å²) in [4.78, 5) is 0. The van der Waals surface area contributed by atoms with Gasteiger partial charge in [-0.25, -0.2) is 4.39 Å². The third-order valence-corrected chi connectivity index (χ3v) is 3.16. The highest BCUT2D eigenvalue weighted by molar-refractivity contribution is 6.31. The first-order valence-electron chi connectivity index (χ1n) is 5.22. The van der Waals surface area contributed by atoms with Crippen LogP contribution in [0.25, 0.3) is 5.69 Å². The monoisotopic (exact) mass is 271 g/mol. The normalized spacial score (nSPS) is 15.2. The third-order valence-electron chi connectivity index (χ3n) is 2.70. The predicted octanol–water partition coefficient (Wildman–Crippen LogP) is 3.59. The molecule has 1 heterocycles.